The Morgan fingerprint density at radius 1 is 1.27 bits per heavy atom. The summed E-state index contributed by atoms with van der Waals surface area (Å²) >= 11 is 0. The molecule has 0 spiro atoms. The second kappa shape index (κ2) is 7.26. The van der Waals surface area contributed by atoms with E-state index >= 15 is 0 Å². The number of hydrogen-bond acceptors (Lipinski definition) is 7. The van der Waals surface area contributed by atoms with Crippen molar-refractivity contribution in [3.63, 3.8) is 0 Å². The Morgan fingerprint density at radius 2 is 2.08 bits per heavy atom. The normalized spacial score (nSPS) is 17.3. The van der Waals surface area contributed by atoms with Crippen molar-refractivity contribution in [2.45, 2.75) is 17.7 Å². The van der Waals surface area contributed by atoms with Crippen molar-refractivity contribution in [2.75, 3.05) is 25.0 Å². The minimum atomic E-state index is -3.78. The Bertz CT molecular complexity index is 907. The number of anilines is 1. The van der Waals surface area contributed by atoms with Crippen molar-refractivity contribution in [1.29, 1.82) is 0 Å². The van der Waals surface area contributed by atoms with Gasteiger partial charge < -0.3 is 10.4 Å². The summed E-state index contributed by atoms with van der Waals surface area (Å²) in [7, 11) is -3.78. The molecule has 3 rings (SSSR count). The van der Waals surface area contributed by atoms with Gasteiger partial charge in [-0.15, -0.1) is 0 Å². The lowest BCUT2D eigenvalue weighted by Crippen LogP contribution is -2.34. The van der Waals surface area contributed by atoms with E-state index in [0.717, 1.165) is 17.4 Å². The summed E-state index contributed by atoms with van der Waals surface area (Å²) in [6, 6.07) is 5.91. The number of carbonyl (C=O) groups is 2. The van der Waals surface area contributed by atoms with Crippen molar-refractivity contribution in [3.05, 3.63) is 36.0 Å². The Labute approximate surface area is 150 Å². The number of carbonyl (C=O) groups excluding carboxylic acids is 2. The Balaban J connectivity index is 1.77. The van der Waals surface area contributed by atoms with Crippen molar-refractivity contribution in [2.24, 2.45) is 4.99 Å². The van der Waals surface area contributed by atoms with E-state index in [0.29, 0.717) is 24.5 Å². The lowest BCUT2D eigenvalue weighted by molar-refractivity contribution is -0.137. The highest BCUT2D eigenvalue weighted by Gasteiger charge is 2.30. The molecule has 0 aromatic heterocycles. The van der Waals surface area contributed by atoms with Crippen LogP contribution in [-0.4, -0.2) is 55.8 Å². The molecule has 3 N–H and O–H groups in total. The van der Waals surface area contributed by atoms with E-state index in [-0.39, 0.29) is 23.7 Å². The molecule has 138 valence electrons. The maximum absolute atomic E-state index is 12.4. The fraction of sp³-hybridized carbons (Fsp3) is 0.312. The van der Waals surface area contributed by atoms with Crippen LogP contribution >= 0.6 is 0 Å². The van der Waals surface area contributed by atoms with Gasteiger partial charge in [-0.2, -0.15) is 0 Å². The number of hydrogen-bond donors (Lipinski definition) is 3. The largest absolute Gasteiger partial charge is 0.395 e. The Kier molecular flexibility index (Phi) is 5.05. The molecule has 1 aromatic carbocycles. The second-order valence-electron chi connectivity index (χ2n) is 5.77. The minimum absolute atomic E-state index is 0.0155. The SMILES string of the molecule is O=C1C=C(Nc2cccc(S(=O)(=O)NC3=NCCC3)c2)C(=O)N1CCO. The number of sulfonamides is 1. The third-order valence-electron chi connectivity index (χ3n) is 3.88. The number of nitrogens with one attached hydrogen (secondary N) is 2. The molecule has 0 unspecified atom stereocenters. The molecule has 1 aromatic rings. The molecular formula is C16H18N4O5S. The summed E-state index contributed by atoms with van der Waals surface area (Å²) in [5.41, 5.74) is 0.366. The standard InChI is InChI=1S/C16H18N4O5S/c21-8-7-20-15(22)10-13(16(20)23)18-11-3-1-4-12(9-11)26(24,25)19-14-5-2-6-17-14/h1,3-4,9-10,18,21H,2,5-8H2,(H,17,19). The molecule has 0 radical (unpaired) electrons. The number of aliphatic hydroxyl groups is 1. The van der Waals surface area contributed by atoms with Crippen molar-refractivity contribution in [1.82, 2.24) is 9.62 Å². The van der Waals surface area contributed by atoms with Gasteiger partial charge in [-0.05, 0) is 24.6 Å². The molecule has 2 aliphatic rings. The van der Waals surface area contributed by atoms with Crippen molar-refractivity contribution < 1.29 is 23.1 Å². The lowest BCUT2D eigenvalue weighted by Gasteiger charge is -2.14. The maximum atomic E-state index is 12.4. The maximum Gasteiger partial charge on any atom is 0.277 e. The fourth-order valence-corrected chi connectivity index (χ4v) is 3.78. The molecule has 0 saturated heterocycles. The molecule has 0 atom stereocenters. The first-order valence-electron chi connectivity index (χ1n) is 8.02. The molecular weight excluding hydrogens is 360 g/mol. The van der Waals surface area contributed by atoms with Gasteiger partial charge in [-0.25, -0.2) is 8.42 Å². The predicted molar refractivity (Wildman–Crippen MR) is 93.8 cm³/mol. The van der Waals surface area contributed by atoms with Gasteiger partial charge in [0.1, 0.15) is 11.5 Å². The zero-order chi connectivity index (χ0) is 18.7. The Morgan fingerprint density at radius 3 is 2.77 bits per heavy atom. The zero-order valence-electron chi connectivity index (χ0n) is 13.8. The number of aliphatic hydroxyl groups excluding tert-OH is 1. The van der Waals surface area contributed by atoms with Crippen LogP contribution in [0.2, 0.25) is 0 Å². The molecule has 0 bridgehead atoms. The second-order valence-corrected chi connectivity index (χ2v) is 7.45. The average Bonchev–Trinajstić information content (AvgIpc) is 3.19. The van der Waals surface area contributed by atoms with Crippen LogP contribution in [0.3, 0.4) is 0 Å². The number of rotatable bonds is 6. The summed E-state index contributed by atoms with van der Waals surface area (Å²) < 4.78 is 27.3. The third kappa shape index (κ3) is 3.75. The fourth-order valence-electron chi connectivity index (χ4n) is 2.64. The van der Waals surface area contributed by atoms with Crippen LogP contribution in [0, 0.1) is 0 Å². The van der Waals surface area contributed by atoms with Gasteiger partial charge >= 0.3 is 0 Å². The highest BCUT2D eigenvalue weighted by molar-refractivity contribution is 7.90. The number of benzene rings is 1. The highest BCUT2D eigenvalue weighted by atomic mass is 32.2. The van der Waals surface area contributed by atoms with Gasteiger partial charge in [0.05, 0.1) is 18.0 Å². The number of nitrogens with zero attached hydrogens (tertiary/aromatic N) is 2. The van der Waals surface area contributed by atoms with Gasteiger partial charge in [-0.1, -0.05) is 6.07 Å². The summed E-state index contributed by atoms with van der Waals surface area (Å²) in [5, 5.41) is 11.7. The number of aliphatic imine (C=N–C) groups is 1. The van der Waals surface area contributed by atoms with Crippen molar-refractivity contribution in [3.8, 4) is 0 Å². The van der Waals surface area contributed by atoms with Gasteiger partial charge in [0.15, 0.2) is 0 Å². The first-order chi connectivity index (χ1) is 12.4. The number of β-amino-alcohol motifs (C(OH)–C–C–N with tert-alkyl or cyclic N) is 1. The summed E-state index contributed by atoms with van der Waals surface area (Å²) in [5.74, 6) is -0.672. The smallest absolute Gasteiger partial charge is 0.277 e. The van der Waals surface area contributed by atoms with E-state index in [4.69, 9.17) is 5.11 Å². The molecule has 2 aliphatic heterocycles. The van der Waals surface area contributed by atoms with Crippen LogP contribution in [0.25, 0.3) is 0 Å². The van der Waals surface area contributed by atoms with Crippen LogP contribution < -0.4 is 10.0 Å². The van der Waals surface area contributed by atoms with E-state index in [1.165, 1.54) is 18.2 Å². The number of amides is 2. The first kappa shape index (κ1) is 18.1. The summed E-state index contributed by atoms with van der Waals surface area (Å²) in [6.07, 6.45) is 2.51. The lowest BCUT2D eigenvalue weighted by atomic mass is 10.3. The highest BCUT2D eigenvalue weighted by Crippen LogP contribution is 2.20. The van der Waals surface area contributed by atoms with Gasteiger partial charge in [0.25, 0.3) is 21.8 Å². The first-order valence-corrected chi connectivity index (χ1v) is 9.50. The molecule has 10 heteroatoms. The predicted octanol–water partition coefficient (Wildman–Crippen LogP) is -0.186. The van der Waals surface area contributed by atoms with E-state index in [9.17, 15) is 18.0 Å². The van der Waals surface area contributed by atoms with E-state index < -0.39 is 21.8 Å². The molecule has 0 aliphatic carbocycles. The number of amidine groups is 1. The quantitative estimate of drug-likeness (QED) is 0.589. The van der Waals surface area contributed by atoms with Gasteiger partial charge in [0, 0.05) is 24.7 Å². The van der Waals surface area contributed by atoms with Crippen LogP contribution in [0.1, 0.15) is 12.8 Å². The van der Waals surface area contributed by atoms with Gasteiger partial charge in [-0.3, -0.25) is 24.2 Å². The summed E-state index contributed by atoms with van der Waals surface area (Å²) in [6.45, 7) is 0.176. The van der Waals surface area contributed by atoms with Crippen molar-refractivity contribution >= 4 is 33.4 Å². The third-order valence-corrected chi connectivity index (χ3v) is 5.26. The molecule has 0 fully saturated rings. The minimum Gasteiger partial charge on any atom is -0.395 e. The van der Waals surface area contributed by atoms with Crippen LogP contribution in [0.4, 0.5) is 5.69 Å². The number of imide groups is 1. The average molecular weight is 378 g/mol. The van der Waals surface area contributed by atoms with Gasteiger partial charge in [0.2, 0.25) is 0 Å². The van der Waals surface area contributed by atoms with Crippen LogP contribution in [0.15, 0.2) is 45.9 Å². The van der Waals surface area contributed by atoms with E-state index in [1.54, 1.807) is 6.07 Å². The Hall–Kier alpha value is -2.72. The molecule has 2 amide bonds. The molecule has 26 heavy (non-hydrogen) atoms. The molecule has 9 nitrogen and oxygen atoms in total. The zero-order valence-corrected chi connectivity index (χ0v) is 14.6. The van der Waals surface area contributed by atoms with Crippen LogP contribution in [0.5, 0.6) is 0 Å². The van der Waals surface area contributed by atoms with E-state index in [1.807, 2.05) is 0 Å². The monoisotopic (exact) mass is 378 g/mol. The molecule has 0 saturated carbocycles. The van der Waals surface area contributed by atoms with Crippen LogP contribution in [-0.2, 0) is 19.6 Å². The topological polar surface area (TPSA) is 128 Å². The molecule has 2 heterocycles. The van der Waals surface area contributed by atoms with E-state index in [2.05, 4.69) is 15.0 Å². The summed E-state index contributed by atoms with van der Waals surface area (Å²) in [4.78, 5) is 28.9.